The Hall–Kier alpha value is -0.0800. The van der Waals surface area contributed by atoms with Gasteiger partial charge in [0.2, 0.25) is 0 Å². The molecule has 0 spiro atoms. The molecule has 0 unspecified atom stereocenters. The molecule has 2 rings (SSSR count). The highest BCUT2D eigenvalue weighted by Gasteiger charge is 2.49. The van der Waals surface area contributed by atoms with E-state index in [1.165, 1.54) is 44.9 Å². The van der Waals surface area contributed by atoms with Crippen LogP contribution in [0.5, 0.6) is 0 Å². The van der Waals surface area contributed by atoms with E-state index in [1.807, 2.05) is 0 Å². The standard InChI is InChI=1S/C16H31NO/c1-2-14-7-11-16(18,12-8-14)15(13-17)9-5-3-4-6-10-15/h14,18H,2-13,17H2,1H3. The molecule has 106 valence electrons. The molecule has 0 atom stereocenters. The molecule has 2 aliphatic rings. The minimum atomic E-state index is -0.461. The zero-order valence-electron chi connectivity index (χ0n) is 12.1. The Kier molecular flexibility index (Phi) is 4.71. The number of hydrogen-bond acceptors (Lipinski definition) is 2. The van der Waals surface area contributed by atoms with E-state index in [0.717, 1.165) is 31.6 Å². The quantitative estimate of drug-likeness (QED) is 0.755. The van der Waals surface area contributed by atoms with Crippen LogP contribution in [-0.4, -0.2) is 17.3 Å². The first-order valence-electron chi connectivity index (χ1n) is 8.08. The Labute approximate surface area is 112 Å². The molecule has 2 saturated carbocycles. The highest BCUT2D eigenvalue weighted by Crippen LogP contribution is 2.50. The highest BCUT2D eigenvalue weighted by atomic mass is 16.3. The molecular weight excluding hydrogens is 222 g/mol. The van der Waals surface area contributed by atoms with E-state index in [-0.39, 0.29) is 5.41 Å². The summed E-state index contributed by atoms with van der Waals surface area (Å²) >= 11 is 0. The molecule has 0 aromatic carbocycles. The van der Waals surface area contributed by atoms with E-state index < -0.39 is 5.60 Å². The zero-order valence-corrected chi connectivity index (χ0v) is 12.1. The lowest BCUT2D eigenvalue weighted by Crippen LogP contribution is -2.54. The van der Waals surface area contributed by atoms with Crippen molar-refractivity contribution in [2.45, 2.75) is 83.2 Å². The van der Waals surface area contributed by atoms with Crippen molar-refractivity contribution in [1.29, 1.82) is 0 Å². The van der Waals surface area contributed by atoms with Crippen LogP contribution in [0, 0.1) is 11.3 Å². The average Bonchev–Trinajstić information content (AvgIpc) is 2.66. The average molecular weight is 253 g/mol. The third-order valence-electron chi connectivity index (χ3n) is 5.95. The van der Waals surface area contributed by atoms with Gasteiger partial charge in [0.15, 0.2) is 0 Å². The van der Waals surface area contributed by atoms with Crippen molar-refractivity contribution < 1.29 is 5.11 Å². The van der Waals surface area contributed by atoms with Crippen LogP contribution < -0.4 is 5.73 Å². The summed E-state index contributed by atoms with van der Waals surface area (Å²) in [6, 6.07) is 0. The number of nitrogens with two attached hydrogens (primary N) is 1. The number of hydrogen-bond donors (Lipinski definition) is 2. The molecule has 0 amide bonds. The number of aliphatic hydroxyl groups is 1. The normalized spacial score (nSPS) is 37.2. The third-order valence-corrected chi connectivity index (χ3v) is 5.95. The van der Waals surface area contributed by atoms with Crippen molar-refractivity contribution in [2.24, 2.45) is 17.1 Å². The lowest BCUT2D eigenvalue weighted by atomic mass is 9.60. The van der Waals surface area contributed by atoms with Crippen LogP contribution in [0.1, 0.15) is 77.6 Å². The van der Waals surface area contributed by atoms with E-state index in [4.69, 9.17) is 5.73 Å². The molecule has 0 aromatic heterocycles. The lowest BCUT2D eigenvalue weighted by Gasteiger charge is -2.50. The van der Waals surface area contributed by atoms with Gasteiger partial charge in [-0.3, -0.25) is 0 Å². The molecule has 0 saturated heterocycles. The smallest absolute Gasteiger partial charge is 0.0716 e. The van der Waals surface area contributed by atoms with Gasteiger partial charge >= 0.3 is 0 Å². The van der Waals surface area contributed by atoms with Gasteiger partial charge in [-0.2, -0.15) is 0 Å². The molecule has 2 aliphatic carbocycles. The van der Waals surface area contributed by atoms with Gasteiger partial charge in [-0.1, -0.05) is 39.0 Å². The highest BCUT2D eigenvalue weighted by molar-refractivity contribution is 5.02. The molecule has 0 radical (unpaired) electrons. The van der Waals surface area contributed by atoms with Gasteiger partial charge in [-0.05, 0) is 44.4 Å². The summed E-state index contributed by atoms with van der Waals surface area (Å²) in [7, 11) is 0. The molecule has 18 heavy (non-hydrogen) atoms. The molecule has 0 heterocycles. The monoisotopic (exact) mass is 253 g/mol. The third kappa shape index (κ3) is 2.60. The number of rotatable bonds is 3. The SMILES string of the molecule is CCC1CCC(O)(C2(CN)CCCCCC2)CC1. The summed E-state index contributed by atoms with van der Waals surface area (Å²) < 4.78 is 0. The Balaban J connectivity index is 2.10. The molecule has 0 bridgehead atoms. The van der Waals surface area contributed by atoms with Gasteiger partial charge in [-0.15, -0.1) is 0 Å². The summed E-state index contributed by atoms with van der Waals surface area (Å²) in [6.45, 7) is 2.96. The van der Waals surface area contributed by atoms with Gasteiger partial charge in [0.1, 0.15) is 0 Å². The van der Waals surface area contributed by atoms with Crippen LogP contribution in [0.15, 0.2) is 0 Å². The topological polar surface area (TPSA) is 46.2 Å². The van der Waals surface area contributed by atoms with Crippen molar-refractivity contribution in [3.63, 3.8) is 0 Å². The van der Waals surface area contributed by atoms with E-state index in [2.05, 4.69) is 6.92 Å². The van der Waals surface area contributed by atoms with Gasteiger partial charge in [-0.25, -0.2) is 0 Å². The van der Waals surface area contributed by atoms with Crippen LogP contribution in [0.2, 0.25) is 0 Å². The Bertz CT molecular complexity index is 248. The minimum Gasteiger partial charge on any atom is -0.389 e. The minimum absolute atomic E-state index is 0.0300. The van der Waals surface area contributed by atoms with Crippen molar-refractivity contribution >= 4 is 0 Å². The molecule has 2 heteroatoms. The molecular formula is C16H31NO. The fourth-order valence-electron chi connectivity index (χ4n) is 4.36. The summed E-state index contributed by atoms with van der Waals surface area (Å²) in [5.74, 6) is 0.839. The fourth-order valence-corrected chi connectivity index (χ4v) is 4.36. The second-order valence-electron chi connectivity index (χ2n) is 6.78. The van der Waals surface area contributed by atoms with E-state index in [0.29, 0.717) is 6.54 Å². The predicted molar refractivity (Wildman–Crippen MR) is 76.4 cm³/mol. The lowest BCUT2D eigenvalue weighted by molar-refractivity contribution is -0.120. The van der Waals surface area contributed by atoms with Crippen LogP contribution in [0.25, 0.3) is 0 Å². The second kappa shape index (κ2) is 5.92. The largest absolute Gasteiger partial charge is 0.389 e. The van der Waals surface area contributed by atoms with Gasteiger partial charge in [0, 0.05) is 12.0 Å². The first kappa shape index (κ1) is 14.3. The Morgan fingerprint density at radius 1 is 1.00 bits per heavy atom. The summed E-state index contributed by atoms with van der Waals surface area (Å²) in [5, 5.41) is 11.2. The fraction of sp³-hybridized carbons (Fsp3) is 1.00. The van der Waals surface area contributed by atoms with Crippen LogP contribution >= 0.6 is 0 Å². The van der Waals surface area contributed by atoms with Crippen molar-refractivity contribution in [2.75, 3.05) is 6.54 Å². The summed E-state index contributed by atoms with van der Waals surface area (Å²) in [5.41, 5.74) is 5.70. The van der Waals surface area contributed by atoms with Gasteiger partial charge < -0.3 is 10.8 Å². The zero-order chi connectivity index (χ0) is 13.1. The Morgan fingerprint density at radius 2 is 1.56 bits per heavy atom. The molecule has 0 aromatic rings. The molecule has 3 N–H and O–H groups in total. The summed E-state index contributed by atoms with van der Waals surface area (Å²) in [4.78, 5) is 0. The van der Waals surface area contributed by atoms with Crippen molar-refractivity contribution in [3.05, 3.63) is 0 Å². The van der Waals surface area contributed by atoms with Crippen LogP contribution in [0.3, 0.4) is 0 Å². The first-order valence-corrected chi connectivity index (χ1v) is 8.08. The van der Waals surface area contributed by atoms with E-state index in [9.17, 15) is 5.11 Å². The van der Waals surface area contributed by atoms with E-state index >= 15 is 0 Å². The summed E-state index contributed by atoms with van der Waals surface area (Å²) in [6.07, 6.45) is 13.1. The molecule has 2 nitrogen and oxygen atoms in total. The van der Waals surface area contributed by atoms with Gasteiger partial charge in [0.25, 0.3) is 0 Å². The first-order chi connectivity index (χ1) is 8.66. The van der Waals surface area contributed by atoms with E-state index in [1.54, 1.807) is 0 Å². The maximum Gasteiger partial charge on any atom is 0.0716 e. The van der Waals surface area contributed by atoms with Crippen LogP contribution in [-0.2, 0) is 0 Å². The maximum atomic E-state index is 11.2. The molecule has 2 fully saturated rings. The Morgan fingerprint density at radius 3 is 2.00 bits per heavy atom. The van der Waals surface area contributed by atoms with Crippen LogP contribution in [0.4, 0.5) is 0 Å². The second-order valence-corrected chi connectivity index (χ2v) is 6.78. The van der Waals surface area contributed by atoms with Crippen molar-refractivity contribution in [3.8, 4) is 0 Å². The van der Waals surface area contributed by atoms with Gasteiger partial charge in [0.05, 0.1) is 5.60 Å². The molecule has 0 aliphatic heterocycles. The predicted octanol–water partition coefficient (Wildman–Crippen LogP) is 3.62. The van der Waals surface area contributed by atoms with Crippen molar-refractivity contribution in [1.82, 2.24) is 0 Å². The maximum absolute atomic E-state index is 11.2.